The van der Waals surface area contributed by atoms with E-state index < -0.39 is 0 Å². The Kier molecular flexibility index (Phi) is 8.15. The molecule has 0 bridgehead atoms. The van der Waals surface area contributed by atoms with Crippen LogP contribution in [0.4, 0.5) is 0 Å². The number of piperazine rings is 1. The van der Waals surface area contributed by atoms with Gasteiger partial charge in [-0.3, -0.25) is 9.59 Å². The molecular weight excluding hydrogens is 377 g/mol. The Balaban J connectivity index is 0.00000243. The molecule has 0 aliphatic carbocycles. The van der Waals surface area contributed by atoms with E-state index in [-0.39, 0.29) is 43.1 Å². The molecule has 1 N–H and O–H groups in total. The van der Waals surface area contributed by atoms with Gasteiger partial charge in [0, 0.05) is 50.6 Å². The Morgan fingerprint density at radius 3 is 2.62 bits per heavy atom. The summed E-state index contributed by atoms with van der Waals surface area (Å²) in [6.45, 7) is 4.49. The van der Waals surface area contributed by atoms with Crippen LogP contribution < -0.4 is 5.32 Å². The van der Waals surface area contributed by atoms with Gasteiger partial charge in [0.25, 0.3) is 0 Å². The summed E-state index contributed by atoms with van der Waals surface area (Å²) in [4.78, 5) is 28.6. The van der Waals surface area contributed by atoms with Crippen molar-refractivity contribution in [1.29, 1.82) is 0 Å². The monoisotopic (exact) mass is 401 g/mol. The maximum Gasteiger partial charge on any atom is 0.223 e. The molecule has 6 nitrogen and oxygen atoms in total. The predicted octanol–water partition coefficient (Wildman–Crippen LogP) is 1.87. The van der Waals surface area contributed by atoms with Crippen LogP contribution >= 0.6 is 24.0 Å². The van der Waals surface area contributed by atoms with Gasteiger partial charge in [0.05, 0.1) is 19.3 Å². The highest BCUT2D eigenvalue weighted by atomic mass is 35.5. The van der Waals surface area contributed by atoms with E-state index in [0.29, 0.717) is 44.4 Å². The second-order valence-electron chi connectivity index (χ2n) is 6.36. The van der Waals surface area contributed by atoms with Crippen LogP contribution in [0.3, 0.4) is 0 Å². The first-order valence-electron chi connectivity index (χ1n) is 8.76. The molecule has 0 aromatic heterocycles. The Bertz CT molecular complexity index is 623. The molecule has 3 rings (SSSR count). The van der Waals surface area contributed by atoms with E-state index in [2.05, 4.69) is 5.32 Å². The zero-order chi connectivity index (χ0) is 17.6. The topological polar surface area (TPSA) is 61.9 Å². The van der Waals surface area contributed by atoms with Crippen LogP contribution in [-0.2, 0) is 14.3 Å². The molecule has 1 aromatic rings. The van der Waals surface area contributed by atoms with E-state index in [1.54, 1.807) is 4.90 Å². The molecule has 2 amide bonds. The summed E-state index contributed by atoms with van der Waals surface area (Å²) < 4.78 is 5.26. The smallest absolute Gasteiger partial charge is 0.223 e. The van der Waals surface area contributed by atoms with E-state index in [0.717, 1.165) is 12.1 Å². The second-order valence-corrected chi connectivity index (χ2v) is 6.79. The highest BCUT2D eigenvalue weighted by Crippen LogP contribution is 2.25. The summed E-state index contributed by atoms with van der Waals surface area (Å²) >= 11 is 6.10. The number of carbonyl (C=O) groups is 2. The van der Waals surface area contributed by atoms with Gasteiger partial charge in [-0.2, -0.15) is 0 Å². The lowest BCUT2D eigenvalue weighted by Gasteiger charge is -2.37. The first-order chi connectivity index (χ1) is 12.1. The minimum atomic E-state index is -0.0431. The maximum atomic E-state index is 12.7. The third-order valence-electron chi connectivity index (χ3n) is 4.71. The number of nitrogens with one attached hydrogen (secondary N) is 1. The average Bonchev–Trinajstić information content (AvgIpc) is 2.66. The van der Waals surface area contributed by atoms with Crippen molar-refractivity contribution < 1.29 is 14.3 Å². The number of amides is 2. The minimum Gasteiger partial charge on any atom is -0.378 e. The highest BCUT2D eigenvalue weighted by Gasteiger charge is 2.28. The molecule has 1 atom stereocenters. The number of hydrogen-bond donors (Lipinski definition) is 1. The summed E-state index contributed by atoms with van der Waals surface area (Å²) in [6.07, 6.45) is 0.498. The van der Waals surface area contributed by atoms with E-state index >= 15 is 0 Å². The molecule has 1 unspecified atom stereocenters. The quantitative estimate of drug-likeness (QED) is 0.836. The van der Waals surface area contributed by atoms with Crippen molar-refractivity contribution in [3.63, 3.8) is 0 Å². The molecule has 0 saturated carbocycles. The fourth-order valence-electron chi connectivity index (χ4n) is 3.34. The van der Waals surface area contributed by atoms with Gasteiger partial charge in [-0.25, -0.2) is 0 Å². The first kappa shape index (κ1) is 21.0. The first-order valence-corrected chi connectivity index (χ1v) is 9.14. The summed E-state index contributed by atoms with van der Waals surface area (Å²) in [6, 6.07) is 7.57. The van der Waals surface area contributed by atoms with Crippen molar-refractivity contribution >= 4 is 35.8 Å². The second kappa shape index (κ2) is 10.1. The van der Waals surface area contributed by atoms with Gasteiger partial charge in [0.2, 0.25) is 11.8 Å². The van der Waals surface area contributed by atoms with Crippen LogP contribution in [0.2, 0.25) is 5.02 Å². The van der Waals surface area contributed by atoms with Gasteiger partial charge in [0.1, 0.15) is 0 Å². The largest absolute Gasteiger partial charge is 0.378 e. The number of morpholine rings is 1. The summed E-state index contributed by atoms with van der Waals surface area (Å²) in [5.41, 5.74) is 1.02. The number of rotatable bonds is 4. The fraction of sp³-hybridized carbons (Fsp3) is 0.556. The molecule has 26 heavy (non-hydrogen) atoms. The zero-order valence-electron chi connectivity index (χ0n) is 14.7. The van der Waals surface area contributed by atoms with Crippen molar-refractivity contribution in [3.05, 3.63) is 34.9 Å². The molecule has 8 heteroatoms. The molecule has 2 aliphatic rings. The molecule has 2 aliphatic heterocycles. The van der Waals surface area contributed by atoms with Crippen LogP contribution in [-0.4, -0.2) is 67.6 Å². The van der Waals surface area contributed by atoms with E-state index in [1.807, 2.05) is 29.2 Å². The third kappa shape index (κ3) is 5.33. The van der Waals surface area contributed by atoms with Gasteiger partial charge in [0.15, 0.2) is 0 Å². The number of carbonyl (C=O) groups excluding carboxylic acids is 2. The fourth-order valence-corrected chi connectivity index (χ4v) is 3.54. The Hall–Kier alpha value is -1.34. The molecule has 2 fully saturated rings. The van der Waals surface area contributed by atoms with Crippen molar-refractivity contribution in [3.8, 4) is 0 Å². The number of hydrogen-bond acceptors (Lipinski definition) is 4. The van der Waals surface area contributed by atoms with Gasteiger partial charge < -0.3 is 19.9 Å². The third-order valence-corrected chi connectivity index (χ3v) is 4.95. The highest BCUT2D eigenvalue weighted by molar-refractivity contribution is 6.30. The molecule has 0 spiro atoms. The van der Waals surface area contributed by atoms with Crippen molar-refractivity contribution in [2.24, 2.45) is 0 Å². The summed E-state index contributed by atoms with van der Waals surface area (Å²) in [5, 5.41) is 3.99. The van der Waals surface area contributed by atoms with E-state index in [4.69, 9.17) is 16.3 Å². The Morgan fingerprint density at radius 2 is 1.88 bits per heavy atom. The van der Waals surface area contributed by atoms with Gasteiger partial charge in [-0.1, -0.05) is 23.7 Å². The van der Waals surface area contributed by atoms with Crippen LogP contribution in [0.1, 0.15) is 24.4 Å². The van der Waals surface area contributed by atoms with Crippen molar-refractivity contribution in [2.75, 3.05) is 45.9 Å². The lowest BCUT2D eigenvalue weighted by molar-refractivity contribution is -0.140. The number of ether oxygens (including phenoxy) is 1. The van der Waals surface area contributed by atoms with Gasteiger partial charge in [-0.05, 0) is 17.7 Å². The van der Waals surface area contributed by atoms with Crippen LogP contribution in [0, 0.1) is 0 Å². The molecule has 0 radical (unpaired) electrons. The summed E-state index contributed by atoms with van der Waals surface area (Å²) in [5.74, 6) is 0.0548. The van der Waals surface area contributed by atoms with Crippen molar-refractivity contribution in [1.82, 2.24) is 15.1 Å². The summed E-state index contributed by atoms with van der Waals surface area (Å²) in [7, 11) is 0. The van der Waals surface area contributed by atoms with Crippen LogP contribution in [0.15, 0.2) is 24.3 Å². The van der Waals surface area contributed by atoms with E-state index in [9.17, 15) is 9.59 Å². The zero-order valence-corrected chi connectivity index (χ0v) is 16.2. The van der Waals surface area contributed by atoms with Crippen LogP contribution in [0.5, 0.6) is 0 Å². The molecule has 2 saturated heterocycles. The number of benzene rings is 1. The number of halogens is 2. The SMILES string of the molecule is Cl.O=C(CCC(=O)N1CCNCC1c1cccc(Cl)c1)N1CCOCC1. The van der Waals surface area contributed by atoms with Gasteiger partial charge in [-0.15, -0.1) is 12.4 Å². The normalized spacial score (nSPS) is 20.4. The minimum absolute atomic E-state index is 0. The van der Waals surface area contributed by atoms with Gasteiger partial charge >= 0.3 is 0 Å². The lowest BCUT2D eigenvalue weighted by atomic mass is 10.0. The van der Waals surface area contributed by atoms with E-state index in [1.165, 1.54) is 0 Å². The molecule has 144 valence electrons. The molecular formula is C18H25Cl2N3O3. The van der Waals surface area contributed by atoms with Crippen molar-refractivity contribution in [2.45, 2.75) is 18.9 Å². The average molecular weight is 402 g/mol. The Morgan fingerprint density at radius 1 is 1.15 bits per heavy atom. The standard InChI is InChI=1S/C18H24ClN3O3.ClH/c19-15-3-1-2-14(12-15)16-13-20-6-7-22(16)18(24)5-4-17(23)21-8-10-25-11-9-21;/h1-3,12,16,20H,4-11,13H2;1H. The number of nitrogens with zero attached hydrogens (tertiary/aromatic N) is 2. The predicted molar refractivity (Wildman–Crippen MR) is 103 cm³/mol. The molecule has 1 aromatic carbocycles. The maximum absolute atomic E-state index is 12.7. The Labute approximate surface area is 165 Å². The van der Waals surface area contributed by atoms with Crippen LogP contribution in [0.25, 0.3) is 0 Å². The lowest BCUT2D eigenvalue weighted by Crippen LogP contribution is -2.49. The molecule has 2 heterocycles.